The number of hydrogen-bond acceptors (Lipinski definition) is 3. The Kier molecular flexibility index (Phi) is 5.83. The predicted octanol–water partition coefficient (Wildman–Crippen LogP) is 3.11. The molecule has 1 aromatic carbocycles. The van der Waals surface area contributed by atoms with Crippen LogP contribution >= 0.6 is 0 Å². The molecule has 1 rings (SSSR count). The summed E-state index contributed by atoms with van der Waals surface area (Å²) in [6.45, 7) is 3.87. The van der Waals surface area contributed by atoms with Crippen molar-refractivity contribution in [1.29, 1.82) is 0 Å². The summed E-state index contributed by atoms with van der Waals surface area (Å²) in [5.74, 6) is 0.556. The molecule has 0 radical (unpaired) electrons. The monoisotopic (exact) mass is 291 g/mol. The Morgan fingerprint density at radius 2 is 1.75 bits per heavy atom. The SMILES string of the molecule is Cc1cc(CC(C)N)cc(C)c1OCOCC(F)(F)F. The van der Waals surface area contributed by atoms with Gasteiger partial charge in [-0.05, 0) is 43.9 Å². The Balaban J connectivity index is 2.62. The van der Waals surface area contributed by atoms with Crippen molar-refractivity contribution < 1.29 is 22.6 Å². The highest BCUT2D eigenvalue weighted by atomic mass is 19.4. The second-order valence-corrected chi connectivity index (χ2v) is 4.97. The first-order valence-electron chi connectivity index (χ1n) is 6.32. The number of hydrogen-bond donors (Lipinski definition) is 1. The van der Waals surface area contributed by atoms with Crippen LogP contribution in [0.2, 0.25) is 0 Å². The van der Waals surface area contributed by atoms with Gasteiger partial charge >= 0.3 is 6.18 Å². The third-order valence-corrected chi connectivity index (χ3v) is 2.63. The normalized spacial score (nSPS) is 13.3. The Morgan fingerprint density at radius 3 is 2.20 bits per heavy atom. The van der Waals surface area contributed by atoms with Gasteiger partial charge in [-0.1, -0.05) is 12.1 Å². The smallest absolute Gasteiger partial charge is 0.411 e. The summed E-state index contributed by atoms with van der Waals surface area (Å²) in [6.07, 6.45) is -3.60. The van der Waals surface area contributed by atoms with Crippen molar-refractivity contribution in [2.24, 2.45) is 5.73 Å². The van der Waals surface area contributed by atoms with Crippen LogP contribution < -0.4 is 10.5 Å². The molecule has 0 aliphatic rings. The molecule has 114 valence electrons. The molecule has 0 aliphatic heterocycles. The maximum atomic E-state index is 11.9. The quantitative estimate of drug-likeness (QED) is 0.647. The third kappa shape index (κ3) is 5.79. The molecule has 1 unspecified atom stereocenters. The number of benzene rings is 1. The molecule has 0 amide bonds. The number of ether oxygens (including phenoxy) is 2. The molecule has 0 saturated carbocycles. The Morgan fingerprint density at radius 1 is 1.20 bits per heavy atom. The zero-order valence-corrected chi connectivity index (χ0v) is 11.9. The summed E-state index contributed by atoms with van der Waals surface area (Å²) in [6, 6.07) is 3.90. The molecule has 1 aromatic rings. The average Bonchev–Trinajstić information content (AvgIpc) is 2.24. The molecule has 0 spiro atoms. The standard InChI is InChI=1S/C14H20F3NO2/c1-9-4-12(6-11(3)18)5-10(2)13(9)20-8-19-7-14(15,16)17/h4-5,11H,6-8,18H2,1-3H3. The van der Waals surface area contributed by atoms with E-state index in [4.69, 9.17) is 10.5 Å². The predicted molar refractivity (Wildman–Crippen MR) is 70.8 cm³/mol. The molecule has 20 heavy (non-hydrogen) atoms. The minimum Gasteiger partial charge on any atom is -0.467 e. The van der Waals surface area contributed by atoms with Gasteiger partial charge in [-0.15, -0.1) is 0 Å². The third-order valence-electron chi connectivity index (χ3n) is 2.63. The zero-order chi connectivity index (χ0) is 15.3. The minimum absolute atomic E-state index is 0.0516. The summed E-state index contributed by atoms with van der Waals surface area (Å²) in [4.78, 5) is 0. The molecule has 1 atom stereocenters. The number of halogens is 3. The van der Waals surface area contributed by atoms with Crippen LogP contribution in [-0.4, -0.2) is 25.6 Å². The lowest BCUT2D eigenvalue weighted by Crippen LogP contribution is -2.19. The highest BCUT2D eigenvalue weighted by Gasteiger charge is 2.27. The van der Waals surface area contributed by atoms with E-state index in [1.165, 1.54) is 0 Å². The molecular formula is C14H20F3NO2. The fraction of sp³-hybridized carbons (Fsp3) is 0.571. The van der Waals surface area contributed by atoms with Gasteiger partial charge in [-0.25, -0.2) is 0 Å². The topological polar surface area (TPSA) is 44.5 Å². The fourth-order valence-electron chi connectivity index (χ4n) is 2.02. The van der Waals surface area contributed by atoms with Crippen molar-refractivity contribution in [3.8, 4) is 5.75 Å². The van der Waals surface area contributed by atoms with Crippen molar-refractivity contribution in [2.45, 2.75) is 39.4 Å². The van der Waals surface area contributed by atoms with E-state index in [1.807, 2.05) is 32.9 Å². The molecule has 0 heterocycles. The molecule has 0 saturated heterocycles. The number of nitrogens with two attached hydrogens (primary N) is 1. The highest BCUT2D eigenvalue weighted by molar-refractivity contribution is 5.43. The highest BCUT2D eigenvalue weighted by Crippen LogP contribution is 2.25. The largest absolute Gasteiger partial charge is 0.467 e. The summed E-state index contributed by atoms with van der Waals surface area (Å²) in [5.41, 5.74) is 8.54. The Hall–Kier alpha value is -1.27. The van der Waals surface area contributed by atoms with Gasteiger partial charge in [-0.3, -0.25) is 0 Å². The second kappa shape index (κ2) is 6.95. The lowest BCUT2D eigenvalue weighted by atomic mass is 10.0. The average molecular weight is 291 g/mol. The van der Waals surface area contributed by atoms with Gasteiger partial charge in [0.2, 0.25) is 0 Å². The van der Waals surface area contributed by atoms with E-state index < -0.39 is 19.6 Å². The lowest BCUT2D eigenvalue weighted by molar-refractivity contribution is -0.186. The Labute approximate surface area is 116 Å². The van der Waals surface area contributed by atoms with Crippen LogP contribution in [-0.2, 0) is 11.2 Å². The van der Waals surface area contributed by atoms with Crippen LogP contribution in [0.1, 0.15) is 23.6 Å². The number of rotatable bonds is 6. The van der Waals surface area contributed by atoms with Crippen molar-refractivity contribution >= 4 is 0 Å². The summed E-state index contributed by atoms with van der Waals surface area (Å²) in [7, 11) is 0. The number of aryl methyl sites for hydroxylation is 2. The molecule has 2 N–H and O–H groups in total. The van der Waals surface area contributed by atoms with E-state index in [9.17, 15) is 13.2 Å². The van der Waals surface area contributed by atoms with Crippen LogP contribution in [0, 0.1) is 13.8 Å². The van der Waals surface area contributed by atoms with Gasteiger partial charge in [0.15, 0.2) is 6.79 Å². The van der Waals surface area contributed by atoms with Gasteiger partial charge < -0.3 is 15.2 Å². The first kappa shape index (κ1) is 16.8. The van der Waals surface area contributed by atoms with Crippen LogP contribution in [0.4, 0.5) is 13.2 Å². The fourth-order valence-corrected chi connectivity index (χ4v) is 2.02. The van der Waals surface area contributed by atoms with Gasteiger partial charge in [0.1, 0.15) is 12.4 Å². The van der Waals surface area contributed by atoms with Crippen LogP contribution in [0.5, 0.6) is 5.75 Å². The minimum atomic E-state index is -4.34. The van der Waals surface area contributed by atoms with Gasteiger partial charge in [0.25, 0.3) is 0 Å². The first-order chi connectivity index (χ1) is 9.19. The molecule has 0 aromatic heterocycles. The molecular weight excluding hydrogens is 271 g/mol. The zero-order valence-electron chi connectivity index (χ0n) is 11.9. The van der Waals surface area contributed by atoms with Crippen molar-refractivity contribution in [3.63, 3.8) is 0 Å². The Bertz CT molecular complexity index is 422. The van der Waals surface area contributed by atoms with E-state index in [-0.39, 0.29) is 6.04 Å². The summed E-state index contributed by atoms with van der Waals surface area (Å²) < 4.78 is 45.5. The van der Waals surface area contributed by atoms with E-state index in [1.54, 1.807) is 0 Å². The first-order valence-corrected chi connectivity index (χ1v) is 6.32. The van der Waals surface area contributed by atoms with Crippen molar-refractivity contribution in [3.05, 3.63) is 28.8 Å². The molecule has 3 nitrogen and oxygen atoms in total. The van der Waals surface area contributed by atoms with E-state index in [2.05, 4.69) is 4.74 Å². The summed E-state index contributed by atoms with van der Waals surface area (Å²) in [5, 5.41) is 0. The lowest BCUT2D eigenvalue weighted by Gasteiger charge is -2.15. The number of alkyl halides is 3. The van der Waals surface area contributed by atoms with Gasteiger partial charge in [0.05, 0.1) is 0 Å². The van der Waals surface area contributed by atoms with E-state index in [0.717, 1.165) is 23.1 Å². The molecule has 0 aliphatic carbocycles. The van der Waals surface area contributed by atoms with Crippen molar-refractivity contribution in [2.75, 3.05) is 13.4 Å². The summed E-state index contributed by atoms with van der Waals surface area (Å²) >= 11 is 0. The maximum absolute atomic E-state index is 11.9. The van der Waals surface area contributed by atoms with Crippen LogP contribution in [0.3, 0.4) is 0 Å². The van der Waals surface area contributed by atoms with Crippen LogP contribution in [0.25, 0.3) is 0 Å². The maximum Gasteiger partial charge on any atom is 0.411 e. The van der Waals surface area contributed by atoms with Gasteiger partial charge in [-0.2, -0.15) is 13.2 Å². The van der Waals surface area contributed by atoms with Gasteiger partial charge in [0, 0.05) is 6.04 Å². The van der Waals surface area contributed by atoms with E-state index in [0.29, 0.717) is 5.75 Å². The molecule has 6 heteroatoms. The van der Waals surface area contributed by atoms with Crippen molar-refractivity contribution in [1.82, 2.24) is 0 Å². The molecule has 0 bridgehead atoms. The van der Waals surface area contributed by atoms with Crippen LogP contribution in [0.15, 0.2) is 12.1 Å². The second-order valence-electron chi connectivity index (χ2n) is 4.97. The molecule has 0 fully saturated rings. The van der Waals surface area contributed by atoms with E-state index >= 15 is 0 Å².